The summed E-state index contributed by atoms with van der Waals surface area (Å²) in [6, 6.07) is 15.7. The third kappa shape index (κ3) is 3.28. The number of fused-ring (bicyclic) bond motifs is 1. The molecule has 2 heteroatoms. The Bertz CT molecular complexity index is 565. The molecule has 0 amide bonds. The van der Waals surface area contributed by atoms with E-state index in [-0.39, 0.29) is 0 Å². The van der Waals surface area contributed by atoms with Gasteiger partial charge in [-0.2, -0.15) is 0 Å². The zero-order valence-electron chi connectivity index (χ0n) is 12.8. The summed E-state index contributed by atoms with van der Waals surface area (Å²) < 4.78 is 0. The van der Waals surface area contributed by atoms with Crippen LogP contribution in [0.15, 0.2) is 42.5 Å². The van der Waals surface area contributed by atoms with E-state index in [0.29, 0.717) is 12.6 Å². The Balaban J connectivity index is 1.93. The number of benzene rings is 2. The molecule has 0 aliphatic carbocycles. The van der Waals surface area contributed by atoms with E-state index in [4.69, 9.17) is 5.73 Å². The third-order valence-corrected chi connectivity index (χ3v) is 4.74. The number of likely N-dealkylation sites (tertiary alicyclic amines) is 1. The van der Waals surface area contributed by atoms with Crippen molar-refractivity contribution in [3.05, 3.63) is 48.0 Å². The van der Waals surface area contributed by atoms with Crippen LogP contribution in [0.3, 0.4) is 0 Å². The molecule has 21 heavy (non-hydrogen) atoms. The highest BCUT2D eigenvalue weighted by molar-refractivity contribution is 5.86. The Morgan fingerprint density at radius 1 is 0.857 bits per heavy atom. The van der Waals surface area contributed by atoms with Crippen molar-refractivity contribution in [1.29, 1.82) is 0 Å². The van der Waals surface area contributed by atoms with Gasteiger partial charge in [0.2, 0.25) is 0 Å². The van der Waals surface area contributed by atoms with Crippen LogP contribution in [0.25, 0.3) is 10.8 Å². The molecule has 1 aliphatic heterocycles. The fourth-order valence-electron chi connectivity index (χ4n) is 3.60. The Hall–Kier alpha value is -1.38. The summed E-state index contributed by atoms with van der Waals surface area (Å²) >= 11 is 0. The zero-order valence-corrected chi connectivity index (χ0v) is 12.8. The average Bonchev–Trinajstić information content (AvgIpc) is 2.50. The van der Waals surface area contributed by atoms with Crippen LogP contribution in [-0.4, -0.2) is 24.5 Å². The van der Waals surface area contributed by atoms with E-state index in [2.05, 4.69) is 47.4 Å². The molecule has 1 atom stereocenters. The lowest BCUT2D eigenvalue weighted by atomic mass is 9.96. The van der Waals surface area contributed by atoms with Gasteiger partial charge < -0.3 is 5.73 Å². The highest BCUT2D eigenvalue weighted by Crippen LogP contribution is 2.29. The van der Waals surface area contributed by atoms with Gasteiger partial charge in [-0.1, -0.05) is 61.7 Å². The molecule has 0 bridgehead atoms. The van der Waals surface area contributed by atoms with E-state index in [1.54, 1.807) is 0 Å². The van der Waals surface area contributed by atoms with Gasteiger partial charge in [0.1, 0.15) is 0 Å². The lowest BCUT2D eigenvalue weighted by molar-refractivity contribution is 0.184. The first-order valence-electron chi connectivity index (χ1n) is 8.32. The number of nitrogens with zero attached hydrogens (tertiary/aromatic N) is 1. The van der Waals surface area contributed by atoms with Gasteiger partial charge >= 0.3 is 0 Å². The molecular formula is C19H26N2. The summed E-state index contributed by atoms with van der Waals surface area (Å²) in [5.41, 5.74) is 7.57. The average molecular weight is 282 g/mol. The quantitative estimate of drug-likeness (QED) is 0.918. The minimum Gasteiger partial charge on any atom is -0.329 e. The maximum Gasteiger partial charge on any atom is 0.0476 e. The largest absolute Gasteiger partial charge is 0.329 e. The zero-order chi connectivity index (χ0) is 14.5. The topological polar surface area (TPSA) is 29.3 Å². The summed E-state index contributed by atoms with van der Waals surface area (Å²) in [6.45, 7) is 3.07. The molecule has 0 aromatic heterocycles. The van der Waals surface area contributed by atoms with Crippen molar-refractivity contribution in [2.45, 2.75) is 38.1 Å². The monoisotopic (exact) mass is 282 g/mol. The molecule has 1 unspecified atom stereocenters. The molecule has 2 aromatic rings. The Kier molecular flexibility index (Phi) is 4.89. The van der Waals surface area contributed by atoms with Gasteiger partial charge in [0.05, 0.1) is 0 Å². The number of hydrogen-bond acceptors (Lipinski definition) is 2. The fraction of sp³-hybridized carbons (Fsp3) is 0.474. The third-order valence-electron chi connectivity index (χ3n) is 4.74. The Labute approximate surface area is 127 Å². The van der Waals surface area contributed by atoms with E-state index in [1.807, 2.05) is 0 Å². The van der Waals surface area contributed by atoms with Gasteiger partial charge in [0, 0.05) is 12.6 Å². The maximum absolute atomic E-state index is 6.18. The molecule has 1 saturated heterocycles. The van der Waals surface area contributed by atoms with Crippen LogP contribution in [0.5, 0.6) is 0 Å². The molecule has 1 aliphatic rings. The molecule has 2 N–H and O–H groups in total. The molecule has 1 heterocycles. The van der Waals surface area contributed by atoms with Crippen LogP contribution in [0.4, 0.5) is 0 Å². The minimum atomic E-state index is 0.356. The van der Waals surface area contributed by atoms with E-state index in [9.17, 15) is 0 Å². The molecule has 2 aromatic carbocycles. The van der Waals surface area contributed by atoms with Gasteiger partial charge in [0.15, 0.2) is 0 Å². The second kappa shape index (κ2) is 7.06. The van der Waals surface area contributed by atoms with Gasteiger partial charge in [-0.05, 0) is 42.3 Å². The van der Waals surface area contributed by atoms with Crippen molar-refractivity contribution in [2.24, 2.45) is 5.73 Å². The molecule has 2 nitrogen and oxygen atoms in total. The second-order valence-electron chi connectivity index (χ2n) is 6.12. The molecule has 3 rings (SSSR count). The molecule has 0 spiro atoms. The van der Waals surface area contributed by atoms with Crippen molar-refractivity contribution < 1.29 is 0 Å². The van der Waals surface area contributed by atoms with E-state index < -0.39 is 0 Å². The lowest BCUT2D eigenvalue weighted by Crippen LogP contribution is -2.36. The van der Waals surface area contributed by atoms with Crippen molar-refractivity contribution in [3.63, 3.8) is 0 Å². The van der Waals surface area contributed by atoms with Crippen LogP contribution in [0.2, 0.25) is 0 Å². The second-order valence-corrected chi connectivity index (χ2v) is 6.12. The minimum absolute atomic E-state index is 0.356. The number of rotatable bonds is 3. The molecule has 1 fully saturated rings. The van der Waals surface area contributed by atoms with Gasteiger partial charge in [0.25, 0.3) is 0 Å². The Morgan fingerprint density at radius 3 is 2.29 bits per heavy atom. The summed E-state index contributed by atoms with van der Waals surface area (Å²) in [5.74, 6) is 0. The Morgan fingerprint density at radius 2 is 1.52 bits per heavy atom. The summed E-state index contributed by atoms with van der Waals surface area (Å²) in [7, 11) is 0. The number of nitrogens with two attached hydrogens (primary N) is 1. The standard InChI is InChI=1S/C19H26N2/c20-15-19(21-13-6-2-1-3-7-14-21)18-12-8-10-16-9-4-5-11-17(16)18/h4-5,8-12,19H,1-3,6-7,13-15,20H2. The predicted octanol–water partition coefficient (Wildman–Crippen LogP) is 4.11. The van der Waals surface area contributed by atoms with E-state index in [0.717, 1.165) is 0 Å². The van der Waals surface area contributed by atoms with Crippen LogP contribution in [0.1, 0.15) is 43.7 Å². The van der Waals surface area contributed by atoms with Crippen LogP contribution >= 0.6 is 0 Å². The lowest BCUT2D eigenvalue weighted by Gasteiger charge is -2.33. The highest BCUT2D eigenvalue weighted by Gasteiger charge is 2.21. The van der Waals surface area contributed by atoms with Crippen molar-refractivity contribution in [3.8, 4) is 0 Å². The normalized spacial score (nSPS) is 19.1. The van der Waals surface area contributed by atoms with Crippen molar-refractivity contribution in [2.75, 3.05) is 19.6 Å². The van der Waals surface area contributed by atoms with Gasteiger partial charge in [-0.15, -0.1) is 0 Å². The SMILES string of the molecule is NCC(c1cccc2ccccc12)N1CCCCCCC1. The van der Waals surface area contributed by atoms with Gasteiger partial charge in [-0.3, -0.25) is 4.90 Å². The fourth-order valence-corrected chi connectivity index (χ4v) is 3.60. The molecule has 112 valence electrons. The molecular weight excluding hydrogens is 256 g/mol. The highest BCUT2D eigenvalue weighted by atomic mass is 15.2. The van der Waals surface area contributed by atoms with Crippen molar-refractivity contribution >= 4 is 10.8 Å². The smallest absolute Gasteiger partial charge is 0.0476 e. The molecule has 0 saturated carbocycles. The molecule has 0 radical (unpaired) electrons. The van der Waals surface area contributed by atoms with E-state index >= 15 is 0 Å². The first kappa shape index (κ1) is 14.6. The maximum atomic E-state index is 6.18. The number of hydrogen-bond donors (Lipinski definition) is 1. The predicted molar refractivity (Wildman–Crippen MR) is 90.4 cm³/mol. The first-order valence-corrected chi connectivity index (χ1v) is 8.32. The summed E-state index contributed by atoms with van der Waals surface area (Å²) in [6.07, 6.45) is 6.74. The van der Waals surface area contributed by atoms with Gasteiger partial charge in [-0.25, -0.2) is 0 Å². The van der Waals surface area contributed by atoms with Crippen LogP contribution < -0.4 is 5.73 Å². The van der Waals surface area contributed by atoms with E-state index in [1.165, 1.54) is 61.5 Å². The van der Waals surface area contributed by atoms with Crippen molar-refractivity contribution in [1.82, 2.24) is 4.90 Å². The summed E-state index contributed by atoms with van der Waals surface area (Å²) in [4.78, 5) is 2.61. The summed E-state index contributed by atoms with van der Waals surface area (Å²) in [5, 5.41) is 2.68. The van der Waals surface area contributed by atoms with Crippen LogP contribution in [0, 0.1) is 0 Å². The first-order chi connectivity index (χ1) is 10.4. The van der Waals surface area contributed by atoms with Crippen LogP contribution in [-0.2, 0) is 0 Å².